The lowest BCUT2D eigenvalue weighted by Gasteiger charge is -2.18. The molecule has 1 rings (SSSR count). The second-order valence-electron chi connectivity index (χ2n) is 5.10. The Kier molecular flexibility index (Phi) is 4.14. The largest absolute Gasteiger partial charge is 0.302 e. The molecule has 3 nitrogen and oxygen atoms in total. The van der Waals surface area contributed by atoms with E-state index in [0.717, 1.165) is 31.6 Å². The molecule has 0 spiro atoms. The first kappa shape index (κ1) is 12.5. The molecule has 0 radical (unpaired) electrons. The van der Waals surface area contributed by atoms with Crippen LogP contribution in [0.4, 0.5) is 0 Å². The summed E-state index contributed by atoms with van der Waals surface area (Å²) in [5.74, 6) is 1.01. The molecule has 0 aliphatic carbocycles. The number of hydrogen-bond acceptors (Lipinski definition) is 2. The lowest BCUT2D eigenvalue weighted by molar-refractivity contribution is 0.347. The van der Waals surface area contributed by atoms with Gasteiger partial charge >= 0.3 is 0 Å². The molecule has 0 N–H and O–H groups in total. The molecule has 0 bridgehead atoms. The van der Waals surface area contributed by atoms with Gasteiger partial charge in [0, 0.05) is 13.0 Å². The SMILES string of the molecule is CCCc1nnc(Cl)n1CCC(C)(C)C. The molecule has 0 unspecified atom stereocenters. The predicted octanol–water partition coefficient (Wildman–Crippen LogP) is 3.32. The minimum absolute atomic E-state index is 0.317. The van der Waals surface area contributed by atoms with E-state index in [2.05, 4.69) is 37.9 Å². The maximum Gasteiger partial charge on any atom is 0.225 e. The fourth-order valence-corrected chi connectivity index (χ4v) is 1.61. The standard InChI is InChI=1S/C11H20ClN3/c1-5-6-9-13-14-10(12)15(9)8-7-11(2,3)4/h5-8H2,1-4H3. The van der Waals surface area contributed by atoms with Crippen LogP contribution in [-0.2, 0) is 13.0 Å². The normalized spacial score (nSPS) is 12.1. The second-order valence-corrected chi connectivity index (χ2v) is 5.44. The van der Waals surface area contributed by atoms with E-state index in [9.17, 15) is 0 Å². The number of halogens is 1. The highest BCUT2D eigenvalue weighted by molar-refractivity contribution is 6.28. The van der Waals surface area contributed by atoms with Crippen molar-refractivity contribution in [2.24, 2.45) is 5.41 Å². The average molecular weight is 230 g/mol. The summed E-state index contributed by atoms with van der Waals surface area (Å²) in [6, 6.07) is 0. The fourth-order valence-electron chi connectivity index (χ4n) is 1.39. The van der Waals surface area contributed by atoms with Gasteiger partial charge in [-0.2, -0.15) is 0 Å². The van der Waals surface area contributed by atoms with Gasteiger partial charge in [-0.15, -0.1) is 10.2 Å². The first-order valence-corrected chi connectivity index (χ1v) is 5.89. The maximum atomic E-state index is 6.00. The zero-order valence-corrected chi connectivity index (χ0v) is 10.8. The molecular weight excluding hydrogens is 210 g/mol. The molecule has 1 heterocycles. The van der Waals surface area contributed by atoms with Gasteiger partial charge in [0.1, 0.15) is 5.82 Å². The lowest BCUT2D eigenvalue weighted by Crippen LogP contribution is -2.12. The molecule has 0 atom stereocenters. The first-order chi connectivity index (χ1) is 6.94. The Morgan fingerprint density at radius 3 is 2.47 bits per heavy atom. The maximum absolute atomic E-state index is 6.00. The van der Waals surface area contributed by atoms with Crippen LogP contribution >= 0.6 is 11.6 Å². The van der Waals surface area contributed by atoms with Crippen LogP contribution < -0.4 is 0 Å². The molecular formula is C11H20ClN3. The zero-order valence-electron chi connectivity index (χ0n) is 10.0. The average Bonchev–Trinajstić information content (AvgIpc) is 2.44. The van der Waals surface area contributed by atoms with E-state index in [-0.39, 0.29) is 0 Å². The molecule has 0 amide bonds. The number of aromatic nitrogens is 3. The van der Waals surface area contributed by atoms with Gasteiger partial charge in [-0.3, -0.25) is 0 Å². The summed E-state index contributed by atoms with van der Waals surface area (Å²) in [6.45, 7) is 9.72. The van der Waals surface area contributed by atoms with Crippen molar-refractivity contribution in [3.63, 3.8) is 0 Å². The van der Waals surface area contributed by atoms with Crippen molar-refractivity contribution in [2.45, 2.75) is 53.5 Å². The summed E-state index contributed by atoms with van der Waals surface area (Å²) in [7, 11) is 0. The molecule has 4 heteroatoms. The van der Waals surface area contributed by atoms with Gasteiger partial charge in [0.25, 0.3) is 0 Å². The summed E-state index contributed by atoms with van der Waals surface area (Å²) >= 11 is 6.00. The minimum Gasteiger partial charge on any atom is -0.302 e. The molecule has 0 aromatic carbocycles. The van der Waals surface area contributed by atoms with E-state index in [4.69, 9.17) is 11.6 Å². The van der Waals surface area contributed by atoms with Gasteiger partial charge in [-0.05, 0) is 29.9 Å². The number of aryl methyl sites for hydroxylation is 1. The van der Waals surface area contributed by atoms with Crippen molar-refractivity contribution >= 4 is 11.6 Å². The molecule has 1 aromatic rings. The van der Waals surface area contributed by atoms with Crippen LogP contribution in [0.3, 0.4) is 0 Å². The van der Waals surface area contributed by atoms with E-state index in [0.29, 0.717) is 10.7 Å². The summed E-state index contributed by atoms with van der Waals surface area (Å²) in [5, 5.41) is 8.52. The molecule has 0 aliphatic heterocycles. The third-order valence-electron chi connectivity index (χ3n) is 2.34. The van der Waals surface area contributed by atoms with E-state index in [1.54, 1.807) is 0 Å². The predicted molar refractivity (Wildman–Crippen MR) is 63.1 cm³/mol. The molecule has 86 valence electrons. The Bertz CT molecular complexity index is 312. The van der Waals surface area contributed by atoms with Crippen molar-refractivity contribution in [3.05, 3.63) is 11.1 Å². The quantitative estimate of drug-likeness (QED) is 0.793. The van der Waals surface area contributed by atoms with E-state index in [1.165, 1.54) is 0 Å². The Morgan fingerprint density at radius 1 is 1.27 bits per heavy atom. The van der Waals surface area contributed by atoms with Gasteiger partial charge in [-0.25, -0.2) is 0 Å². The summed E-state index contributed by atoms with van der Waals surface area (Å²) in [5.41, 5.74) is 0.317. The summed E-state index contributed by atoms with van der Waals surface area (Å²) in [6.07, 6.45) is 3.11. The third-order valence-corrected chi connectivity index (χ3v) is 2.62. The van der Waals surface area contributed by atoms with Crippen LogP contribution in [0.15, 0.2) is 0 Å². The zero-order chi connectivity index (χ0) is 11.5. The molecule has 0 aliphatic rings. The molecule has 1 aromatic heterocycles. The molecule has 0 saturated carbocycles. The highest BCUT2D eigenvalue weighted by Crippen LogP contribution is 2.21. The number of rotatable bonds is 4. The fraction of sp³-hybridized carbons (Fsp3) is 0.818. The number of nitrogens with zero attached hydrogens (tertiary/aromatic N) is 3. The van der Waals surface area contributed by atoms with Gasteiger partial charge < -0.3 is 4.57 Å². The Hall–Kier alpha value is -0.570. The van der Waals surface area contributed by atoms with Crippen LogP contribution in [0.2, 0.25) is 5.28 Å². The monoisotopic (exact) mass is 229 g/mol. The summed E-state index contributed by atoms with van der Waals surface area (Å²) in [4.78, 5) is 0. The van der Waals surface area contributed by atoms with E-state index in [1.807, 2.05) is 4.57 Å². The lowest BCUT2D eigenvalue weighted by atomic mass is 9.92. The van der Waals surface area contributed by atoms with Gasteiger partial charge in [0.2, 0.25) is 5.28 Å². The third kappa shape index (κ3) is 3.82. The first-order valence-electron chi connectivity index (χ1n) is 5.51. The van der Waals surface area contributed by atoms with Crippen molar-refractivity contribution in [1.29, 1.82) is 0 Å². The highest BCUT2D eigenvalue weighted by Gasteiger charge is 2.14. The molecule has 15 heavy (non-hydrogen) atoms. The smallest absolute Gasteiger partial charge is 0.225 e. The Labute approximate surface area is 96.8 Å². The van der Waals surface area contributed by atoms with Crippen molar-refractivity contribution < 1.29 is 0 Å². The second kappa shape index (κ2) is 4.97. The molecule has 0 saturated heterocycles. The van der Waals surface area contributed by atoms with Crippen LogP contribution in [-0.4, -0.2) is 14.8 Å². The van der Waals surface area contributed by atoms with Crippen molar-refractivity contribution in [3.8, 4) is 0 Å². The van der Waals surface area contributed by atoms with Crippen LogP contribution in [0, 0.1) is 5.41 Å². The Balaban J connectivity index is 2.70. The van der Waals surface area contributed by atoms with Crippen LogP contribution in [0.25, 0.3) is 0 Å². The van der Waals surface area contributed by atoms with Crippen molar-refractivity contribution in [2.75, 3.05) is 0 Å². The minimum atomic E-state index is 0.317. The van der Waals surface area contributed by atoms with E-state index < -0.39 is 0 Å². The van der Waals surface area contributed by atoms with E-state index >= 15 is 0 Å². The topological polar surface area (TPSA) is 30.7 Å². The molecule has 0 fully saturated rings. The van der Waals surface area contributed by atoms with Crippen LogP contribution in [0.1, 0.15) is 46.4 Å². The Morgan fingerprint density at radius 2 is 1.93 bits per heavy atom. The van der Waals surface area contributed by atoms with Gasteiger partial charge in [0.05, 0.1) is 0 Å². The van der Waals surface area contributed by atoms with Gasteiger partial charge in [0.15, 0.2) is 0 Å². The number of hydrogen-bond donors (Lipinski definition) is 0. The van der Waals surface area contributed by atoms with Crippen LogP contribution in [0.5, 0.6) is 0 Å². The summed E-state index contributed by atoms with van der Waals surface area (Å²) < 4.78 is 2.02. The van der Waals surface area contributed by atoms with Crippen molar-refractivity contribution in [1.82, 2.24) is 14.8 Å². The highest BCUT2D eigenvalue weighted by atomic mass is 35.5. The van der Waals surface area contributed by atoms with Gasteiger partial charge in [-0.1, -0.05) is 27.7 Å².